The summed E-state index contributed by atoms with van der Waals surface area (Å²) in [6.45, 7) is 20.8. The van der Waals surface area contributed by atoms with Crippen LogP contribution in [-0.2, 0) is 10.8 Å². The summed E-state index contributed by atoms with van der Waals surface area (Å²) in [6, 6.07) is 9.01. The third-order valence-corrected chi connectivity index (χ3v) is 5.14. The van der Waals surface area contributed by atoms with E-state index in [2.05, 4.69) is 102 Å². The molecule has 0 saturated heterocycles. The maximum atomic E-state index is 3.86. The van der Waals surface area contributed by atoms with Crippen LogP contribution < -0.4 is 0 Å². The second kappa shape index (κ2) is 9.38. The highest BCUT2D eigenvalue weighted by molar-refractivity contribution is 5.46. The SMILES string of the molecule is C=C/C=C\C(=C/C)C(C)(C)c1ccc(C(C)(C)C(/C=C\C)=C/C=C)cc1. The standard InChI is InChI=1S/C26H34/c1-9-13-16-21(12-4)25(5,6)23-17-19-24(20-18-23)26(7,8)22(14-10-2)15-11-3/h9-20H,1-2H2,3-8H3/b15-11-,16-13-,21-12+,22-14+. The maximum absolute atomic E-state index is 3.86. The van der Waals surface area contributed by atoms with Crippen LogP contribution in [-0.4, -0.2) is 0 Å². The average molecular weight is 347 g/mol. The quantitative estimate of drug-likeness (QED) is 0.425. The highest BCUT2D eigenvalue weighted by atomic mass is 14.3. The second-order valence-corrected chi connectivity index (χ2v) is 7.52. The van der Waals surface area contributed by atoms with Crippen LogP contribution in [0.25, 0.3) is 0 Å². The van der Waals surface area contributed by atoms with Crippen LogP contribution in [0.1, 0.15) is 52.7 Å². The van der Waals surface area contributed by atoms with Gasteiger partial charge in [-0.15, -0.1) is 0 Å². The first-order valence-corrected chi connectivity index (χ1v) is 9.28. The first-order chi connectivity index (χ1) is 12.2. The molecule has 0 saturated carbocycles. The number of rotatable bonds is 8. The lowest BCUT2D eigenvalue weighted by molar-refractivity contribution is 0.624. The summed E-state index contributed by atoms with van der Waals surface area (Å²) in [5.74, 6) is 0. The van der Waals surface area contributed by atoms with Gasteiger partial charge in [0.25, 0.3) is 0 Å². The third-order valence-electron chi connectivity index (χ3n) is 5.14. The summed E-state index contributed by atoms with van der Waals surface area (Å²) >= 11 is 0. The van der Waals surface area contributed by atoms with Crippen molar-refractivity contribution in [3.63, 3.8) is 0 Å². The van der Waals surface area contributed by atoms with Gasteiger partial charge in [0.15, 0.2) is 0 Å². The molecule has 0 amide bonds. The van der Waals surface area contributed by atoms with Crippen LogP contribution in [0.3, 0.4) is 0 Å². The van der Waals surface area contributed by atoms with Gasteiger partial charge in [-0.2, -0.15) is 0 Å². The molecule has 0 aromatic heterocycles. The molecular formula is C26H34. The Morgan fingerprint density at radius 3 is 1.65 bits per heavy atom. The van der Waals surface area contributed by atoms with E-state index in [4.69, 9.17) is 0 Å². The molecule has 0 heterocycles. The van der Waals surface area contributed by atoms with E-state index in [1.807, 2.05) is 25.2 Å². The molecule has 26 heavy (non-hydrogen) atoms. The van der Waals surface area contributed by atoms with Gasteiger partial charge in [-0.25, -0.2) is 0 Å². The molecule has 1 aromatic rings. The van der Waals surface area contributed by atoms with Crippen molar-refractivity contribution >= 4 is 0 Å². The van der Waals surface area contributed by atoms with Crippen LogP contribution in [0.4, 0.5) is 0 Å². The Morgan fingerprint density at radius 2 is 1.27 bits per heavy atom. The van der Waals surface area contributed by atoms with E-state index >= 15 is 0 Å². The van der Waals surface area contributed by atoms with Crippen LogP contribution >= 0.6 is 0 Å². The van der Waals surface area contributed by atoms with Crippen molar-refractivity contribution < 1.29 is 0 Å². The van der Waals surface area contributed by atoms with Crippen LogP contribution in [0.5, 0.6) is 0 Å². The highest BCUT2D eigenvalue weighted by Gasteiger charge is 2.26. The molecule has 0 radical (unpaired) electrons. The number of hydrogen-bond acceptors (Lipinski definition) is 0. The summed E-state index contributed by atoms with van der Waals surface area (Å²) in [5, 5.41) is 0. The Balaban J connectivity index is 3.30. The van der Waals surface area contributed by atoms with Gasteiger partial charge in [0, 0.05) is 10.8 Å². The Morgan fingerprint density at radius 1 is 0.769 bits per heavy atom. The second-order valence-electron chi connectivity index (χ2n) is 7.52. The number of benzene rings is 1. The molecule has 0 bridgehead atoms. The van der Waals surface area contributed by atoms with E-state index in [1.165, 1.54) is 22.3 Å². The van der Waals surface area contributed by atoms with Crippen LogP contribution in [0, 0.1) is 0 Å². The molecular weight excluding hydrogens is 312 g/mol. The first-order valence-electron chi connectivity index (χ1n) is 9.28. The van der Waals surface area contributed by atoms with E-state index < -0.39 is 0 Å². The van der Waals surface area contributed by atoms with Crippen molar-refractivity contribution in [1.29, 1.82) is 0 Å². The van der Waals surface area contributed by atoms with Gasteiger partial charge >= 0.3 is 0 Å². The minimum Gasteiger partial charge on any atom is -0.0991 e. The summed E-state index contributed by atoms with van der Waals surface area (Å²) in [4.78, 5) is 0. The molecule has 0 N–H and O–H groups in total. The molecule has 0 heteroatoms. The molecule has 1 aromatic carbocycles. The average Bonchev–Trinajstić information content (AvgIpc) is 2.62. The van der Waals surface area contributed by atoms with Crippen molar-refractivity contribution in [3.8, 4) is 0 Å². The summed E-state index contributed by atoms with van der Waals surface area (Å²) < 4.78 is 0. The number of hydrogen-bond donors (Lipinski definition) is 0. The van der Waals surface area contributed by atoms with Crippen molar-refractivity contribution in [2.45, 2.75) is 52.4 Å². The third kappa shape index (κ3) is 4.85. The molecule has 0 aliphatic heterocycles. The maximum Gasteiger partial charge on any atom is 0.0146 e. The number of allylic oxidation sites excluding steroid dienone is 10. The first kappa shape index (κ1) is 21.7. The molecule has 0 aliphatic carbocycles. The summed E-state index contributed by atoms with van der Waals surface area (Å²) in [6.07, 6.45) is 16.3. The summed E-state index contributed by atoms with van der Waals surface area (Å²) in [5.41, 5.74) is 5.01. The summed E-state index contributed by atoms with van der Waals surface area (Å²) in [7, 11) is 0. The molecule has 0 spiro atoms. The molecule has 0 fully saturated rings. The predicted octanol–water partition coefficient (Wildman–Crippen LogP) is 7.62. The zero-order chi connectivity index (χ0) is 19.8. The van der Waals surface area contributed by atoms with E-state index in [0.717, 1.165) is 0 Å². The largest absolute Gasteiger partial charge is 0.0991 e. The lowest BCUT2D eigenvalue weighted by Crippen LogP contribution is -2.22. The van der Waals surface area contributed by atoms with E-state index in [9.17, 15) is 0 Å². The van der Waals surface area contributed by atoms with Gasteiger partial charge in [-0.1, -0.05) is 114 Å². The normalized spacial score (nSPS) is 14.2. The monoisotopic (exact) mass is 346 g/mol. The molecule has 0 aliphatic rings. The van der Waals surface area contributed by atoms with Gasteiger partial charge in [0.1, 0.15) is 0 Å². The van der Waals surface area contributed by atoms with E-state index in [1.54, 1.807) is 0 Å². The van der Waals surface area contributed by atoms with E-state index in [0.29, 0.717) is 0 Å². The molecule has 0 unspecified atom stereocenters. The van der Waals surface area contributed by atoms with Gasteiger partial charge in [-0.05, 0) is 36.1 Å². The molecule has 0 nitrogen and oxygen atoms in total. The van der Waals surface area contributed by atoms with Crippen molar-refractivity contribution in [1.82, 2.24) is 0 Å². The van der Waals surface area contributed by atoms with Gasteiger partial charge in [0.2, 0.25) is 0 Å². The van der Waals surface area contributed by atoms with Gasteiger partial charge in [-0.3, -0.25) is 0 Å². The van der Waals surface area contributed by atoms with Crippen molar-refractivity contribution in [2.75, 3.05) is 0 Å². The van der Waals surface area contributed by atoms with Crippen molar-refractivity contribution in [2.24, 2.45) is 0 Å². The molecule has 138 valence electrons. The highest BCUT2D eigenvalue weighted by Crippen LogP contribution is 2.36. The fourth-order valence-corrected chi connectivity index (χ4v) is 3.25. The minimum absolute atomic E-state index is 0.0555. The van der Waals surface area contributed by atoms with Gasteiger partial charge < -0.3 is 0 Å². The lowest BCUT2D eigenvalue weighted by Gasteiger charge is -2.30. The zero-order valence-corrected chi connectivity index (χ0v) is 17.3. The smallest absolute Gasteiger partial charge is 0.0146 e. The Bertz CT molecular complexity index is 729. The zero-order valence-electron chi connectivity index (χ0n) is 17.3. The van der Waals surface area contributed by atoms with Crippen LogP contribution in [0.15, 0.2) is 97.2 Å². The topological polar surface area (TPSA) is 0 Å². The lowest BCUT2D eigenvalue weighted by atomic mass is 9.74. The fourth-order valence-electron chi connectivity index (χ4n) is 3.25. The fraction of sp³-hybridized carbons (Fsp3) is 0.308. The molecule has 0 atom stereocenters. The van der Waals surface area contributed by atoms with Crippen molar-refractivity contribution in [3.05, 3.63) is 108 Å². The molecule has 1 rings (SSSR count). The minimum atomic E-state index is -0.0739. The predicted molar refractivity (Wildman–Crippen MR) is 119 cm³/mol. The Hall–Kier alpha value is -2.34. The van der Waals surface area contributed by atoms with Crippen LogP contribution in [0.2, 0.25) is 0 Å². The Labute approximate surface area is 161 Å². The van der Waals surface area contributed by atoms with Gasteiger partial charge in [0.05, 0.1) is 0 Å². The Kier molecular flexibility index (Phi) is 7.83. The van der Waals surface area contributed by atoms with E-state index in [-0.39, 0.29) is 10.8 Å².